The minimum absolute atomic E-state index is 0.143. The van der Waals surface area contributed by atoms with Gasteiger partial charge in [-0.2, -0.15) is 5.26 Å². The molecule has 5 nitrogen and oxygen atoms in total. The Hall–Kier alpha value is -2.65. The van der Waals surface area contributed by atoms with Crippen LogP contribution in [0, 0.1) is 34.2 Å². The van der Waals surface area contributed by atoms with Gasteiger partial charge < -0.3 is 4.74 Å². The lowest BCUT2D eigenvalue weighted by Gasteiger charge is -2.09. The van der Waals surface area contributed by atoms with Crippen LogP contribution >= 0.6 is 11.6 Å². The maximum Gasteiger partial charge on any atom is 0.275 e. The predicted molar refractivity (Wildman–Crippen MR) is 74.0 cm³/mol. The van der Waals surface area contributed by atoms with E-state index in [0.717, 1.165) is 6.07 Å². The first-order valence-electron chi connectivity index (χ1n) is 5.74. The molecule has 0 unspecified atom stereocenters. The number of rotatable bonds is 3. The lowest BCUT2D eigenvalue weighted by Crippen LogP contribution is -1.96. The molecule has 0 saturated heterocycles. The average molecular weight is 307 g/mol. The van der Waals surface area contributed by atoms with Gasteiger partial charge in [-0.15, -0.1) is 0 Å². The average Bonchev–Trinajstić information content (AvgIpc) is 2.44. The van der Waals surface area contributed by atoms with Gasteiger partial charge >= 0.3 is 0 Å². The number of benzene rings is 2. The van der Waals surface area contributed by atoms with Crippen molar-refractivity contribution < 1.29 is 14.1 Å². The molecule has 0 spiro atoms. The van der Waals surface area contributed by atoms with Crippen molar-refractivity contribution in [1.29, 1.82) is 5.26 Å². The first-order valence-corrected chi connectivity index (χ1v) is 6.12. The zero-order valence-electron chi connectivity index (χ0n) is 10.8. The summed E-state index contributed by atoms with van der Waals surface area (Å²) in [6.45, 7) is 1.48. The molecular formula is C14H8ClFN2O3. The predicted octanol–water partition coefficient (Wildman–Crippen LogP) is 4.36. The van der Waals surface area contributed by atoms with Crippen LogP contribution in [0.25, 0.3) is 0 Å². The van der Waals surface area contributed by atoms with Crippen molar-refractivity contribution >= 4 is 17.3 Å². The van der Waals surface area contributed by atoms with Crippen molar-refractivity contribution in [3.05, 3.63) is 62.4 Å². The highest BCUT2D eigenvalue weighted by Crippen LogP contribution is 2.34. The van der Waals surface area contributed by atoms with Crippen molar-refractivity contribution in [3.63, 3.8) is 0 Å². The summed E-state index contributed by atoms with van der Waals surface area (Å²) in [7, 11) is 0. The van der Waals surface area contributed by atoms with E-state index in [1.807, 2.05) is 6.07 Å². The number of ether oxygens (including phenoxy) is 1. The highest BCUT2D eigenvalue weighted by molar-refractivity contribution is 6.32. The van der Waals surface area contributed by atoms with Crippen LogP contribution in [0.2, 0.25) is 5.02 Å². The number of hydrogen-bond acceptors (Lipinski definition) is 4. The Morgan fingerprint density at radius 1 is 1.33 bits per heavy atom. The summed E-state index contributed by atoms with van der Waals surface area (Å²) in [5, 5.41) is 19.6. The molecule has 2 rings (SSSR count). The van der Waals surface area contributed by atoms with E-state index in [2.05, 4.69) is 0 Å². The van der Waals surface area contributed by atoms with Crippen LogP contribution in [0.3, 0.4) is 0 Å². The molecular weight excluding hydrogens is 299 g/mol. The maximum absolute atomic E-state index is 13.8. The first-order chi connectivity index (χ1) is 9.92. The van der Waals surface area contributed by atoms with Crippen molar-refractivity contribution in [1.82, 2.24) is 0 Å². The number of nitriles is 1. The van der Waals surface area contributed by atoms with Gasteiger partial charge in [0, 0.05) is 5.56 Å². The molecule has 0 atom stereocenters. The molecule has 106 valence electrons. The Morgan fingerprint density at radius 2 is 2.05 bits per heavy atom. The van der Waals surface area contributed by atoms with Crippen molar-refractivity contribution in [2.24, 2.45) is 0 Å². The van der Waals surface area contributed by atoms with Gasteiger partial charge in [0.25, 0.3) is 5.69 Å². The van der Waals surface area contributed by atoms with Crippen LogP contribution in [0.5, 0.6) is 11.5 Å². The second-order valence-corrected chi connectivity index (χ2v) is 4.59. The molecule has 0 fully saturated rings. The summed E-state index contributed by atoms with van der Waals surface area (Å²) in [6, 6.07) is 8.21. The standard InChI is InChI=1S/C14H8ClFN2O3/c1-8-4-14(11(16)6-12(8)18(19)20)21-13-3-2-9(7-17)5-10(13)15/h2-6H,1H3. The third-order valence-electron chi connectivity index (χ3n) is 2.73. The molecule has 0 heterocycles. The molecule has 2 aromatic carbocycles. The fourth-order valence-corrected chi connectivity index (χ4v) is 1.91. The minimum atomic E-state index is -0.868. The molecule has 0 amide bonds. The molecule has 0 bridgehead atoms. The molecule has 0 aliphatic rings. The van der Waals surface area contributed by atoms with Crippen molar-refractivity contribution in [2.75, 3.05) is 0 Å². The third kappa shape index (κ3) is 3.09. The highest BCUT2D eigenvalue weighted by Gasteiger charge is 2.17. The highest BCUT2D eigenvalue weighted by atomic mass is 35.5. The van der Waals surface area contributed by atoms with Crippen LogP contribution in [0.15, 0.2) is 30.3 Å². The van der Waals surface area contributed by atoms with Gasteiger partial charge in [0.05, 0.1) is 27.6 Å². The molecule has 7 heteroatoms. The number of hydrogen-bond donors (Lipinski definition) is 0. The summed E-state index contributed by atoms with van der Waals surface area (Å²) in [6.07, 6.45) is 0. The smallest absolute Gasteiger partial charge is 0.275 e. The van der Waals surface area contributed by atoms with Crippen LogP contribution < -0.4 is 4.74 Å². The van der Waals surface area contributed by atoms with Crippen molar-refractivity contribution in [2.45, 2.75) is 6.92 Å². The van der Waals surface area contributed by atoms with Gasteiger partial charge in [0.15, 0.2) is 11.6 Å². The normalized spacial score (nSPS) is 10.0. The zero-order chi connectivity index (χ0) is 15.6. The monoisotopic (exact) mass is 306 g/mol. The number of nitrogens with zero attached hydrogens (tertiary/aromatic N) is 2. The SMILES string of the molecule is Cc1cc(Oc2ccc(C#N)cc2Cl)c(F)cc1[N+](=O)[O-]. The van der Waals surface area contributed by atoms with Gasteiger partial charge in [0.1, 0.15) is 5.75 Å². The molecule has 0 N–H and O–H groups in total. The van der Waals surface area contributed by atoms with Crippen molar-refractivity contribution in [3.8, 4) is 17.6 Å². The summed E-state index contributed by atoms with van der Waals surface area (Å²) in [5.41, 5.74) is 0.277. The second kappa shape index (κ2) is 5.77. The van der Waals surface area contributed by atoms with E-state index in [-0.39, 0.29) is 27.8 Å². The molecule has 0 aliphatic heterocycles. The minimum Gasteiger partial charge on any atom is -0.453 e. The zero-order valence-corrected chi connectivity index (χ0v) is 11.5. The van der Waals surface area contributed by atoms with E-state index >= 15 is 0 Å². The summed E-state index contributed by atoms with van der Waals surface area (Å²) >= 11 is 5.93. The number of nitro benzene ring substituents is 1. The Bertz CT molecular complexity index is 772. The summed E-state index contributed by atoms with van der Waals surface area (Å²) < 4.78 is 19.1. The number of aryl methyl sites for hydroxylation is 1. The third-order valence-corrected chi connectivity index (χ3v) is 3.02. The Kier molecular flexibility index (Phi) is 4.05. The fourth-order valence-electron chi connectivity index (χ4n) is 1.69. The Balaban J connectivity index is 2.39. The Morgan fingerprint density at radius 3 is 2.62 bits per heavy atom. The largest absolute Gasteiger partial charge is 0.453 e. The second-order valence-electron chi connectivity index (χ2n) is 4.19. The van der Waals surface area contributed by atoms with Crippen LogP contribution in [0.1, 0.15) is 11.1 Å². The Labute approximate surface area is 124 Å². The van der Waals surface area contributed by atoms with Gasteiger partial charge in [-0.3, -0.25) is 10.1 Å². The molecule has 21 heavy (non-hydrogen) atoms. The van der Waals surface area contributed by atoms with Gasteiger partial charge in [0.2, 0.25) is 0 Å². The molecule has 0 aliphatic carbocycles. The van der Waals surface area contributed by atoms with E-state index in [1.54, 1.807) is 0 Å². The van der Waals surface area contributed by atoms with Crippen LogP contribution in [0.4, 0.5) is 10.1 Å². The lowest BCUT2D eigenvalue weighted by atomic mass is 10.2. The van der Waals surface area contributed by atoms with Gasteiger partial charge in [-0.05, 0) is 31.2 Å². The first kappa shape index (κ1) is 14.8. The van der Waals surface area contributed by atoms with E-state index in [9.17, 15) is 14.5 Å². The maximum atomic E-state index is 13.8. The quantitative estimate of drug-likeness (QED) is 0.623. The molecule has 0 aromatic heterocycles. The topological polar surface area (TPSA) is 76.2 Å². The van der Waals surface area contributed by atoms with Gasteiger partial charge in [-0.1, -0.05) is 11.6 Å². The summed E-state index contributed by atoms with van der Waals surface area (Å²) in [4.78, 5) is 10.0. The van der Waals surface area contributed by atoms with Gasteiger partial charge in [-0.25, -0.2) is 4.39 Å². The van der Waals surface area contributed by atoms with E-state index in [0.29, 0.717) is 5.56 Å². The number of nitro groups is 1. The number of halogens is 2. The molecule has 0 radical (unpaired) electrons. The molecule has 0 saturated carbocycles. The van der Waals surface area contributed by atoms with E-state index in [1.165, 1.54) is 31.2 Å². The fraction of sp³-hybridized carbons (Fsp3) is 0.0714. The van der Waals surface area contributed by atoms with Crippen LogP contribution in [-0.4, -0.2) is 4.92 Å². The molecule has 2 aromatic rings. The van der Waals surface area contributed by atoms with Crippen LogP contribution in [-0.2, 0) is 0 Å². The van der Waals surface area contributed by atoms with E-state index in [4.69, 9.17) is 21.6 Å². The summed E-state index contributed by atoms with van der Waals surface area (Å²) in [5.74, 6) is -0.889. The van der Waals surface area contributed by atoms with E-state index < -0.39 is 10.7 Å². The lowest BCUT2D eigenvalue weighted by molar-refractivity contribution is -0.385.